The monoisotopic (exact) mass is 296 g/mol. The SMILES string of the molecule is CC1CN(CCS(=O)(=O)c2cccc(CN)c2)CC1C. The molecule has 1 aliphatic rings. The number of nitrogens with zero attached hydrogens (tertiary/aromatic N) is 1. The first-order valence-electron chi connectivity index (χ1n) is 7.16. The normalized spacial score (nSPS) is 24.1. The minimum atomic E-state index is -3.21. The molecule has 2 atom stereocenters. The third kappa shape index (κ3) is 3.59. The van der Waals surface area contributed by atoms with E-state index in [1.807, 2.05) is 6.07 Å². The molecule has 0 radical (unpaired) electrons. The maximum absolute atomic E-state index is 12.4. The van der Waals surface area contributed by atoms with Crippen LogP contribution in [-0.2, 0) is 16.4 Å². The summed E-state index contributed by atoms with van der Waals surface area (Å²) in [5, 5.41) is 0. The van der Waals surface area contributed by atoms with Crippen LogP contribution in [0.3, 0.4) is 0 Å². The lowest BCUT2D eigenvalue weighted by Crippen LogP contribution is -2.27. The Morgan fingerprint density at radius 3 is 2.50 bits per heavy atom. The number of benzene rings is 1. The van der Waals surface area contributed by atoms with E-state index in [0.29, 0.717) is 29.8 Å². The van der Waals surface area contributed by atoms with Gasteiger partial charge in [0.25, 0.3) is 0 Å². The molecule has 2 rings (SSSR count). The summed E-state index contributed by atoms with van der Waals surface area (Å²) in [4.78, 5) is 2.64. The summed E-state index contributed by atoms with van der Waals surface area (Å²) in [6.45, 7) is 7.43. The fourth-order valence-corrected chi connectivity index (χ4v) is 4.02. The number of hydrogen-bond acceptors (Lipinski definition) is 4. The number of likely N-dealkylation sites (tertiary alicyclic amines) is 1. The Bertz CT molecular complexity index is 547. The molecule has 1 fully saturated rings. The lowest BCUT2D eigenvalue weighted by Gasteiger charge is -2.15. The third-order valence-electron chi connectivity index (χ3n) is 4.23. The molecule has 2 unspecified atom stereocenters. The summed E-state index contributed by atoms with van der Waals surface area (Å²) in [6, 6.07) is 6.95. The lowest BCUT2D eigenvalue weighted by molar-refractivity contribution is 0.343. The summed E-state index contributed by atoms with van der Waals surface area (Å²) in [7, 11) is -3.21. The molecule has 1 aliphatic heterocycles. The smallest absolute Gasteiger partial charge is 0.179 e. The molecule has 1 aromatic carbocycles. The summed E-state index contributed by atoms with van der Waals surface area (Å²) >= 11 is 0. The van der Waals surface area contributed by atoms with Crippen LogP contribution in [0.25, 0.3) is 0 Å². The van der Waals surface area contributed by atoms with Crippen molar-refractivity contribution in [2.45, 2.75) is 25.3 Å². The van der Waals surface area contributed by atoms with Crippen LogP contribution < -0.4 is 5.73 Å². The van der Waals surface area contributed by atoms with Gasteiger partial charge in [-0.15, -0.1) is 0 Å². The number of hydrogen-bond donors (Lipinski definition) is 1. The summed E-state index contributed by atoms with van der Waals surface area (Å²) < 4.78 is 24.7. The average molecular weight is 296 g/mol. The molecule has 0 spiro atoms. The van der Waals surface area contributed by atoms with Gasteiger partial charge in [0.15, 0.2) is 9.84 Å². The van der Waals surface area contributed by atoms with Crippen molar-refractivity contribution in [1.82, 2.24) is 4.90 Å². The van der Waals surface area contributed by atoms with Crippen molar-refractivity contribution in [1.29, 1.82) is 0 Å². The second-order valence-electron chi connectivity index (χ2n) is 5.88. The predicted octanol–water partition coefficient (Wildman–Crippen LogP) is 1.51. The molecule has 2 N–H and O–H groups in total. The van der Waals surface area contributed by atoms with E-state index in [-0.39, 0.29) is 5.75 Å². The quantitative estimate of drug-likeness (QED) is 0.894. The van der Waals surface area contributed by atoms with Gasteiger partial charge in [0, 0.05) is 26.2 Å². The summed E-state index contributed by atoms with van der Waals surface area (Å²) in [5.41, 5.74) is 6.42. The van der Waals surface area contributed by atoms with Crippen molar-refractivity contribution >= 4 is 9.84 Å². The Kier molecular flexibility index (Phi) is 4.83. The zero-order chi connectivity index (χ0) is 14.8. The Hall–Kier alpha value is -0.910. The minimum Gasteiger partial charge on any atom is -0.326 e. The topological polar surface area (TPSA) is 63.4 Å². The maximum Gasteiger partial charge on any atom is 0.179 e. The first kappa shape index (κ1) is 15.5. The van der Waals surface area contributed by atoms with E-state index < -0.39 is 9.84 Å². The van der Waals surface area contributed by atoms with Crippen molar-refractivity contribution < 1.29 is 8.42 Å². The number of nitrogens with two attached hydrogens (primary N) is 1. The van der Waals surface area contributed by atoms with Crippen LogP contribution in [0.1, 0.15) is 19.4 Å². The van der Waals surface area contributed by atoms with Crippen LogP contribution in [0.5, 0.6) is 0 Å². The molecule has 0 aromatic heterocycles. The van der Waals surface area contributed by atoms with E-state index in [4.69, 9.17) is 5.73 Å². The molecule has 112 valence electrons. The number of rotatable bonds is 5. The molecule has 5 heteroatoms. The molecular formula is C15H24N2O2S. The molecule has 20 heavy (non-hydrogen) atoms. The van der Waals surface area contributed by atoms with Crippen molar-refractivity contribution in [2.75, 3.05) is 25.4 Å². The van der Waals surface area contributed by atoms with E-state index in [0.717, 1.165) is 18.7 Å². The Morgan fingerprint density at radius 2 is 1.90 bits per heavy atom. The molecule has 1 saturated heterocycles. The maximum atomic E-state index is 12.4. The largest absolute Gasteiger partial charge is 0.326 e. The van der Waals surface area contributed by atoms with E-state index in [9.17, 15) is 8.42 Å². The Balaban J connectivity index is 2.00. The highest BCUT2D eigenvalue weighted by molar-refractivity contribution is 7.91. The van der Waals surface area contributed by atoms with Gasteiger partial charge >= 0.3 is 0 Å². The van der Waals surface area contributed by atoms with Crippen molar-refractivity contribution in [3.05, 3.63) is 29.8 Å². The molecular weight excluding hydrogens is 272 g/mol. The molecule has 1 aromatic rings. The van der Waals surface area contributed by atoms with E-state index >= 15 is 0 Å². The second kappa shape index (κ2) is 6.24. The van der Waals surface area contributed by atoms with Gasteiger partial charge in [0.2, 0.25) is 0 Å². The lowest BCUT2D eigenvalue weighted by atomic mass is 10.0. The van der Waals surface area contributed by atoms with Crippen LogP contribution in [-0.4, -0.2) is 38.7 Å². The molecule has 1 heterocycles. The summed E-state index contributed by atoms with van der Waals surface area (Å²) in [6.07, 6.45) is 0. The zero-order valence-corrected chi connectivity index (χ0v) is 13.1. The van der Waals surface area contributed by atoms with Crippen molar-refractivity contribution in [3.8, 4) is 0 Å². The predicted molar refractivity (Wildman–Crippen MR) is 81.2 cm³/mol. The fraction of sp³-hybridized carbons (Fsp3) is 0.600. The van der Waals surface area contributed by atoms with Gasteiger partial charge in [-0.25, -0.2) is 8.42 Å². The van der Waals surface area contributed by atoms with Gasteiger partial charge in [-0.05, 0) is 29.5 Å². The highest BCUT2D eigenvalue weighted by Crippen LogP contribution is 2.22. The van der Waals surface area contributed by atoms with Crippen molar-refractivity contribution in [2.24, 2.45) is 17.6 Å². The van der Waals surface area contributed by atoms with E-state index in [1.54, 1.807) is 18.2 Å². The van der Waals surface area contributed by atoms with Gasteiger partial charge in [-0.1, -0.05) is 26.0 Å². The third-order valence-corrected chi connectivity index (χ3v) is 5.93. The van der Waals surface area contributed by atoms with Crippen molar-refractivity contribution in [3.63, 3.8) is 0 Å². The highest BCUT2D eigenvalue weighted by atomic mass is 32.2. The Labute approximate surface area is 121 Å². The van der Waals surface area contributed by atoms with Gasteiger partial charge < -0.3 is 10.6 Å². The highest BCUT2D eigenvalue weighted by Gasteiger charge is 2.27. The first-order chi connectivity index (χ1) is 9.42. The molecule has 0 amide bonds. The van der Waals surface area contributed by atoms with Crippen LogP contribution in [0.4, 0.5) is 0 Å². The standard InChI is InChI=1S/C15H24N2O2S/c1-12-10-17(11-13(12)2)6-7-20(18,19)15-5-3-4-14(8-15)9-16/h3-5,8,12-13H,6-7,9-11,16H2,1-2H3. The number of sulfone groups is 1. The first-order valence-corrected chi connectivity index (χ1v) is 8.81. The molecule has 4 nitrogen and oxygen atoms in total. The van der Waals surface area contributed by atoms with Crippen LogP contribution in [0.15, 0.2) is 29.2 Å². The van der Waals surface area contributed by atoms with E-state index in [2.05, 4.69) is 18.7 Å². The van der Waals surface area contributed by atoms with Gasteiger partial charge in [0.05, 0.1) is 10.6 Å². The zero-order valence-electron chi connectivity index (χ0n) is 12.2. The summed E-state index contributed by atoms with van der Waals surface area (Å²) in [5.74, 6) is 1.48. The van der Waals surface area contributed by atoms with Gasteiger partial charge in [-0.2, -0.15) is 0 Å². The Morgan fingerprint density at radius 1 is 1.25 bits per heavy atom. The van der Waals surface area contributed by atoms with Gasteiger partial charge in [0.1, 0.15) is 0 Å². The average Bonchev–Trinajstić information content (AvgIpc) is 2.76. The van der Waals surface area contributed by atoms with Gasteiger partial charge in [-0.3, -0.25) is 0 Å². The minimum absolute atomic E-state index is 0.181. The molecule has 0 bridgehead atoms. The van der Waals surface area contributed by atoms with Crippen LogP contribution in [0, 0.1) is 11.8 Å². The molecule has 0 saturated carbocycles. The molecule has 0 aliphatic carbocycles. The fourth-order valence-electron chi connectivity index (χ4n) is 2.66. The van der Waals surface area contributed by atoms with Crippen LogP contribution >= 0.6 is 0 Å². The second-order valence-corrected chi connectivity index (χ2v) is 7.99. The van der Waals surface area contributed by atoms with E-state index in [1.165, 1.54) is 0 Å². The van der Waals surface area contributed by atoms with Crippen LogP contribution in [0.2, 0.25) is 0 Å².